The molecule has 0 aromatic heterocycles. The summed E-state index contributed by atoms with van der Waals surface area (Å²) in [6.45, 7) is 4.21. The summed E-state index contributed by atoms with van der Waals surface area (Å²) >= 11 is 9.37. The molecular weight excluding hydrogens is 352 g/mol. The van der Waals surface area contributed by atoms with Crippen LogP contribution in [-0.2, 0) is 0 Å². The maximum Gasteiger partial charge on any atom is 0.200 e. The number of hydrogen-bond donors (Lipinski definition) is 0. The van der Waals surface area contributed by atoms with Crippen LogP contribution >= 0.6 is 27.5 Å². The lowest BCUT2D eigenvalue weighted by Gasteiger charge is -2.09. The summed E-state index contributed by atoms with van der Waals surface area (Å²) in [6, 6.07) is 12.9. The van der Waals surface area contributed by atoms with E-state index in [2.05, 4.69) is 29.8 Å². The summed E-state index contributed by atoms with van der Waals surface area (Å²) in [7, 11) is 0. The molecule has 0 aliphatic heterocycles. The highest BCUT2D eigenvalue weighted by atomic mass is 79.9. The highest BCUT2D eigenvalue weighted by Crippen LogP contribution is 2.28. The van der Waals surface area contributed by atoms with Crippen molar-refractivity contribution in [1.29, 1.82) is 0 Å². The van der Waals surface area contributed by atoms with Crippen molar-refractivity contribution in [3.63, 3.8) is 0 Å². The summed E-state index contributed by atoms with van der Waals surface area (Å²) in [5.41, 5.74) is 1.85. The lowest BCUT2D eigenvalue weighted by Crippen LogP contribution is -2.11. The van der Waals surface area contributed by atoms with Gasteiger partial charge in [-0.15, -0.1) is 0 Å². The Hall–Kier alpha value is -1.32. The summed E-state index contributed by atoms with van der Waals surface area (Å²) in [4.78, 5) is 12.1. The van der Waals surface area contributed by atoms with Gasteiger partial charge in [0.15, 0.2) is 12.4 Å². The largest absolute Gasteiger partial charge is 0.484 e. The van der Waals surface area contributed by atoms with Crippen molar-refractivity contribution < 1.29 is 9.53 Å². The van der Waals surface area contributed by atoms with Crippen molar-refractivity contribution in [1.82, 2.24) is 0 Å². The van der Waals surface area contributed by atoms with Crippen LogP contribution in [0.1, 0.15) is 35.7 Å². The van der Waals surface area contributed by atoms with E-state index < -0.39 is 0 Å². The standard InChI is InChI=1S/C17H16BrClO2/c1-11(2)12-3-5-13(6-4-12)16(20)10-21-17-9-14(18)7-8-15(17)19/h3-9,11H,10H2,1-2H3. The van der Waals surface area contributed by atoms with Gasteiger partial charge >= 0.3 is 0 Å². The fourth-order valence-corrected chi connectivity index (χ4v) is 2.38. The van der Waals surface area contributed by atoms with E-state index in [1.165, 1.54) is 5.56 Å². The van der Waals surface area contributed by atoms with Gasteiger partial charge in [0.2, 0.25) is 0 Å². The van der Waals surface area contributed by atoms with Crippen LogP contribution in [0.3, 0.4) is 0 Å². The fourth-order valence-electron chi connectivity index (χ4n) is 1.87. The van der Waals surface area contributed by atoms with Crippen LogP contribution in [0.25, 0.3) is 0 Å². The number of ketones is 1. The monoisotopic (exact) mass is 366 g/mol. The SMILES string of the molecule is CC(C)c1ccc(C(=O)COc2cc(Br)ccc2Cl)cc1. The first-order chi connectivity index (χ1) is 9.97. The van der Waals surface area contributed by atoms with Crippen LogP contribution in [-0.4, -0.2) is 12.4 Å². The van der Waals surface area contributed by atoms with E-state index in [0.717, 1.165) is 4.47 Å². The molecule has 2 aromatic carbocycles. The second-order valence-corrected chi connectivity index (χ2v) is 6.39. The minimum atomic E-state index is -0.0682. The van der Waals surface area contributed by atoms with Crippen LogP contribution < -0.4 is 4.74 Å². The van der Waals surface area contributed by atoms with E-state index >= 15 is 0 Å². The second kappa shape index (κ2) is 7.10. The molecule has 2 nitrogen and oxygen atoms in total. The zero-order chi connectivity index (χ0) is 15.4. The summed E-state index contributed by atoms with van der Waals surface area (Å²) < 4.78 is 6.36. The highest BCUT2D eigenvalue weighted by Gasteiger charge is 2.09. The van der Waals surface area contributed by atoms with Gasteiger partial charge < -0.3 is 4.74 Å². The van der Waals surface area contributed by atoms with Gasteiger partial charge in [0.05, 0.1) is 5.02 Å². The Bertz CT molecular complexity index is 636. The Balaban J connectivity index is 2.03. The van der Waals surface area contributed by atoms with Crippen LogP contribution in [0.2, 0.25) is 5.02 Å². The van der Waals surface area contributed by atoms with E-state index in [0.29, 0.717) is 22.3 Å². The van der Waals surface area contributed by atoms with E-state index in [9.17, 15) is 4.79 Å². The molecular formula is C17H16BrClO2. The molecule has 0 aliphatic carbocycles. The maximum absolute atomic E-state index is 12.1. The number of ether oxygens (including phenoxy) is 1. The molecule has 0 saturated heterocycles. The van der Waals surface area contributed by atoms with Crippen molar-refractivity contribution >= 4 is 33.3 Å². The quantitative estimate of drug-likeness (QED) is 0.653. The number of carbonyl (C=O) groups is 1. The Morgan fingerprint density at radius 1 is 1.19 bits per heavy atom. The van der Waals surface area contributed by atoms with Gasteiger partial charge in [-0.3, -0.25) is 4.79 Å². The maximum atomic E-state index is 12.1. The van der Waals surface area contributed by atoms with Crippen molar-refractivity contribution in [3.05, 3.63) is 63.1 Å². The molecule has 110 valence electrons. The number of benzene rings is 2. The van der Waals surface area contributed by atoms with Gasteiger partial charge in [-0.2, -0.15) is 0 Å². The third-order valence-corrected chi connectivity index (χ3v) is 3.96. The van der Waals surface area contributed by atoms with Gasteiger partial charge in [-0.1, -0.05) is 65.6 Å². The smallest absolute Gasteiger partial charge is 0.200 e. The average molecular weight is 368 g/mol. The number of hydrogen-bond acceptors (Lipinski definition) is 2. The molecule has 2 aromatic rings. The molecule has 0 unspecified atom stereocenters. The second-order valence-electron chi connectivity index (χ2n) is 5.06. The highest BCUT2D eigenvalue weighted by molar-refractivity contribution is 9.10. The topological polar surface area (TPSA) is 26.3 Å². The van der Waals surface area contributed by atoms with E-state index in [1.807, 2.05) is 30.3 Å². The molecule has 21 heavy (non-hydrogen) atoms. The predicted molar refractivity (Wildman–Crippen MR) is 89.5 cm³/mol. The van der Waals surface area contributed by atoms with Crippen molar-refractivity contribution in [2.45, 2.75) is 19.8 Å². The zero-order valence-corrected chi connectivity index (χ0v) is 14.2. The molecule has 0 bridgehead atoms. The van der Waals surface area contributed by atoms with Crippen LogP contribution in [0, 0.1) is 0 Å². The Labute approximate surface area is 138 Å². The molecule has 4 heteroatoms. The van der Waals surface area contributed by atoms with E-state index in [1.54, 1.807) is 12.1 Å². The molecule has 0 fully saturated rings. The number of halogens is 2. The first-order valence-corrected chi connectivity index (χ1v) is 7.85. The molecule has 0 N–H and O–H groups in total. The number of rotatable bonds is 5. The lowest BCUT2D eigenvalue weighted by molar-refractivity contribution is 0.0921. The Morgan fingerprint density at radius 3 is 2.48 bits per heavy atom. The molecule has 0 saturated carbocycles. The normalized spacial score (nSPS) is 10.7. The summed E-state index contributed by atoms with van der Waals surface area (Å²) in [6.07, 6.45) is 0. The zero-order valence-electron chi connectivity index (χ0n) is 11.9. The summed E-state index contributed by atoms with van der Waals surface area (Å²) in [5, 5.41) is 0.487. The van der Waals surface area contributed by atoms with E-state index in [4.69, 9.17) is 16.3 Å². The van der Waals surface area contributed by atoms with Gasteiger partial charge in [0.25, 0.3) is 0 Å². The molecule has 0 heterocycles. The van der Waals surface area contributed by atoms with Gasteiger partial charge in [0.1, 0.15) is 5.75 Å². The Kier molecular flexibility index (Phi) is 5.43. The minimum absolute atomic E-state index is 0.0306. The minimum Gasteiger partial charge on any atom is -0.484 e. The van der Waals surface area contributed by atoms with Crippen molar-refractivity contribution in [3.8, 4) is 5.75 Å². The first-order valence-electron chi connectivity index (χ1n) is 6.68. The van der Waals surface area contributed by atoms with Gasteiger partial charge in [-0.25, -0.2) is 0 Å². The third-order valence-electron chi connectivity index (χ3n) is 3.15. The molecule has 0 aliphatic rings. The lowest BCUT2D eigenvalue weighted by atomic mass is 10.0. The molecule has 0 atom stereocenters. The average Bonchev–Trinajstić information content (AvgIpc) is 2.48. The first kappa shape index (κ1) is 16.1. The third kappa shape index (κ3) is 4.32. The van der Waals surface area contributed by atoms with Crippen molar-refractivity contribution in [2.75, 3.05) is 6.61 Å². The fraction of sp³-hybridized carbons (Fsp3) is 0.235. The van der Waals surface area contributed by atoms with Crippen molar-refractivity contribution in [2.24, 2.45) is 0 Å². The molecule has 0 spiro atoms. The van der Waals surface area contributed by atoms with Crippen LogP contribution in [0.5, 0.6) is 5.75 Å². The molecule has 0 radical (unpaired) electrons. The molecule has 2 rings (SSSR count). The van der Waals surface area contributed by atoms with Gasteiger partial charge in [0, 0.05) is 10.0 Å². The Morgan fingerprint density at radius 2 is 1.86 bits per heavy atom. The van der Waals surface area contributed by atoms with Gasteiger partial charge in [-0.05, 0) is 29.7 Å². The van der Waals surface area contributed by atoms with Crippen LogP contribution in [0.15, 0.2) is 46.9 Å². The number of carbonyl (C=O) groups excluding carboxylic acids is 1. The summed E-state index contributed by atoms with van der Waals surface area (Å²) in [5.74, 6) is 0.880. The predicted octanol–water partition coefficient (Wildman–Crippen LogP) is 5.49. The van der Waals surface area contributed by atoms with Crippen LogP contribution in [0.4, 0.5) is 0 Å². The molecule has 0 amide bonds. The number of Topliss-reactive ketones (excluding diaryl/α,β-unsaturated/α-hetero) is 1. The van der Waals surface area contributed by atoms with E-state index in [-0.39, 0.29) is 12.4 Å².